The minimum Gasteiger partial charge on any atom is -0.313 e. The van der Waals surface area contributed by atoms with Gasteiger partial charge in [0.15, 0.2) is 0 Å². The van der Waals surface area contributed by atoms with Gasteiger partial charge in [-0.25, -0.2) is 0 Å². The number of hydrogen-bond donors (Lipinski definition) is 1. The fourth-order valence-corrected chi connectivity index (χ4v) is 2.22. The van der Waals surface area contributed by atoms with Crippen molar-refractivity contribution in [1.82, 2.24) is 5.32 Å². The van der Waals surface area contributed by atoms with Crippen molar-refractivity contribution < 1.29 is 4.92 Å². The molecule has 18 heavy (non-hydrogen) atoms. The standard InChI is InChI=1S/C12H17ClN2O2S/c1-18-7-3-2-6-14-9-10-4-5-11(13)12(8-10)15(16)17/h4-5,8,14H,2-3,6-7,9H2,1H3. The van der Waals surface area contributed by atoms with Crippen molar-refractivity contribution in [3.8, 4) is 0 Å². The highest BCUT2D eigenvalue weighted by Crippen LogP contribution is 2.24. The molecule has 0 aliphatic rings. The van der Waals surface area contributed by atoms with E-state index in [0.29, 0.717) is 6.54 Å². The largest absolute Gasteiger partial charge is 0.313 e. The van der Waals surface area contributed by atoms with E-state index in [0.717, 1.165) is 18.5 Å². The smallest absolute Gasteiger partial charge is 0.288 e. The van der Waals surface area contributed by atoms with Gasteiger partial charge in [-0.15, -0.1) is 0 Å². The molecule has 100 valence electrons. The van der Waals surface area contributed by atoms with Gasteiger partial charge in [0, 0.05) is 12.6 Å². The highest BCUT2D eigenvalue weighted by Gasteiger charge is 2.12. The van der Waals surface area contributed by atoms with Crippen molar-refractivity contribution >= 4 is 29.1 Å². The molecule has 0 saturated carbocycles. The Kier molecular flexibility index (Phi) is 7.08. The predicted molar refractivity (Wildman–Crippen MR) is 77.4 cm³/mol. The first-order valence-corrected chi connectivity index (χ1v) is 7.55. The van der Waals surface area contributed by atoms with Crippen LogP contribution in [0.2, 0.25) is 5.02 Å². The molecule has 0 heterocycles. The third kappa shape index (κ3) is 5.25. The molecule has 0 fully saturated rings. The van der Waals surface area contributed by atoms with Crippen LogP contribution in [-0.2, 0) is 6.54 Å². The van der Waals surface area contributed by atoms with Crippen LogP contribution in [0.15, 0.2) is 18.2 Å². The molecule has 4 nitrogen and oxygen atoms in total. The van der Waals surface area contributed by atoms with Crippen LogP contribution in [0.5, 0.6) is 0 Å². The number of nitrogens with one attached hydrogen (secondary N) is 1. The molecule has 0 unspecified atom stereocenters. The number of nitrogens with zero attached hydrogens (tertiary/aromatic N) is 1. The van der Waals surface area contributed by atoms with E-state index in [1.807, 2.05) is 17.8 Å². The van der Waals surface area contributed by atoms with E-state index < -0.39 is 4.92 Å². The van der Waals surface area contributed by atoms with Crippen LogP contribution in [0.1, 0.15) is 18.4 Å². The Morgan fingerprint density at radius 3 is 2.89 bits per heavy atom. The Bertz CT molecular complexity index is 402. The molecular weight excluding hydrogens is 272 g/mol. The molecule has 0 aliphatic carbocycles. The highest BCUT2D eigenvalue weighted by atomic mass is 35.5. The maximum atomic E-state index is 10.7. The third-order valence-electron chi connectivity index (χ3n) is 2.49. The summed E-state index contributed by atoms with van der Waals surface area (Å²) in [6, 6.07) is 4.91. The first kappa shape index (κ1) is 15.3. The summed E-state index contributed by atoms with van der Waals surface area (Å²) in [5.41, 5.74) is 0.856. The summed E-state index contributed by atoms with van der Waals surface area (Å²) in [5.74, 6) is 1.17. The van der Waals surface area contributed by atoms with Crippen LogP contribution in [0.4, 0.5) is 5.69 Å². The minimum absolute atomic E-state index is 0.0293. The first-order chi connectivity index (χ1) is 8.65. The molecule has 1 rings (SSSR count). The van der Waals surface area contributed by atoms with Crippen LogP contribution < -0.4 is 5.32 Å². The van der Waals surface area contributed by atoms with E-state index in [-0.39, 0.29) is 10.7 Å². The van der Waals surface area contributed by atoms with E-state index in [2.05, 4.69) is 11.6 Å². The number of unbranched alkanes of at least 4 members (excludes halogenated alkanes) is 1. The van der Waals surface area contributed by atoms with E-state index >= 15 is 0 Å². The predicted octanol–water partition coefficient (Wildman–Crippen LogP) is 3.48. The SMILES string of the molecule is CSCCCCNCc1ccc(Cl)c([N+](=O)[O-])c1. The Morgan fingerprint density at radius 2 is 2.22 bits per heavy atom. The second kappa shape index (κ2) is 8.34. The topological polar surface area (TPSA) is 55.2 Å². The maximum absolute atomic E-state index is 10.7. The highest BCUT2D eigenvalue weighted by molar-refractivity contribution is 7.98. The Hall–Kier alpha value is -0.780. The molecule has 1 N–H and O–H groups in total. The number of thioether (sulfide) groups is 1. The zero-order valence-corrected chi connectivity index (χ0v) is 11.9. The lowest BCUT2D eigenvalue weighted by molar-refractivity contribution is -0.384. The van der Waals surface area contributed by atoms with Gasteiger partial charge in [0.25, 0.3) is 5.69 Å². The van der Waals surface area contributed by atoms with Gasteiger partial charge >= 0.3 is 0 Å². The number of benzene rings is 1. The summed E-state index contributed by atoms with van der Waals surface area (Å²) in [4.78, 5) is 10.3. The maximum Gasteiger partial charge on any atom is 0.288 e. The lowest BCUT2D eigenvalue weighted by Crippen LogP contribution is -2.14. The zero-order valence-electron chi connectivity index (χ0n) is 10.3. The second-order valence-corrected chi connectivity index (χ2v) is 5.31. The molecule has 0 radical (unpaired) electrons. The number of nitro groups is 1. The molecular formula is C12H17ClN2O2S. The summed E-state index contributed by atoms with van der Waals surface area (Å²) < 4.78 is 0. The third-order valence-corrected chi connectivity index (χ3v) is 3.50. The average Bonchev–Trinajstić information content (AvgIpc) is 2.35. The summed E-state index contributed by atoms with van der Waals surface area (Å²) in [6.45, 7) is 1.56. The van der Waals surface area contributed by atoms with Gasteiger partial charge in [-0.1, -0.05) is 17.7 Å². The molecule has 0 saturated heterocycles. The van der Waals surface area contributed by atoms with E-state index in [1.54, 1.807) is 6.07 Å². The molecule has 0 atom stereocenters. The van der Waals surface area contributed by atoms with Crippen molar-refractivity contribution in [3.05, 3.63) is 38.9 Å². The normalized spacial score (nSPS) is 10.6. The fraction of sp³-hybridized carbons (Fsp3) is 0.500. The van der Waals surface area contributed by atoms with Crippen molar-refractivity contribution in [3.63, 3.8) is 0 Å². The average molecular weight is 289 g/mol. The number of nitro benzene ring substituents is 1. The van der Waals surface area contributed by atoms with E-state index in [4.69, 9.17) is 11.6 Å². The van der Waals surface area contributed by atoms with Crippen molar-refractivity contribution in [2.45, 2.75) is 19.4 Å². The molecule has 0 aliphatic heterocycles. The van der Waals surface area contributed by atoms with Gasteiger partial charge in [-0.05, 0) is 43.0 Å². The van der Waals surface area contributed by atoms with Crippen LogP contribution in [0.3, 0.4) is 0 Å². The van der Waals surface area contributed by atoms with Gasteiger partial charge < -0.3 is 5.32 Å². The van der Waals surface area contributed by atoms with Crippen molar-refractivity contribution in [2.75, 3.05) is 18.6 Å². The van der Waals surface area contributed by atoms with E-state index in [1.165, 1.54) is 18.2 Å². The lowest BCUT2D eigenvalue weighted by atomic mass is 10.2. The molecule has 0 aromatic heterocycles. The van der Waals surface area contributed by atoms with Gasteiger partial charge in [-0.3, -0.25) is 10.1 Å². The Labute approximate surface area is 116 Å². The fourth-order valence-electron chi connectivity index (χ4n) is 1.54. The summed E-state index contributed by atoms with van der Waals surface area (Å²) in [5, 5.41) is 14.2. The minimum atomic E-state index is -0.454. The number of halogens is 1. The molecule has 1 aromatic carbocycles. The monoisotopic (exact) mass is 288 g/mol. The van der Waals surface area contributed by atoms with Crippen molar-refractivity contribution in [2.24, 2.45) is 0 Å². The van der Waals surface area contributed by atoms with Crippen LogP contribution >= 0.6 is 23.4 Å². The quantitative estimate of drug-likeness (QED) is 0.452. The van der Waals surface area contributed by atoms with Crippen LogP contribution in [0.25, 0.3) is 0 Å². The number of hydrogen-bond acceptors (Lipinski definition) is 4. The Morgan fingerprint density at radius 1 is 1.44 bits per heavy atom. The summed E-state index contributed by atoms with van der Waals surface area (Å²) in [7, 11) is 0. The van der Waals surface area contributed by atoms with Crippen molar-refractivity contribution in [1.29, 1.82) is 0 Å². The molecule has 6 heteroatoms. The van der Waals surface area contributed by atoms with Gasteiger partial charge in [0.2, 0.25) is 0 Å². The summed E-state index contributed by atoms with van der Waals surface area (Å²) in [6.07, 6.45) is 4.41. The molecule has 0 bridgehead atoms. The van der Waals surface area contributed by atoms with Gasteiger partial charge in [-0.2, -0.15) is 11.8 Å². The molecule has 0 spiro atoms. The van der Waals surface area contributed by atoms with Gasteiger partial charge in [0.1, 0.15) is 5.02 Å². The van der Waals surface area contributed by atoms with Crippen LogP contribution in [-0.4, -0.2) is 23.5 Å². The van der Waals surface area contributed by atoms with Crippen LogP contribution in [0, 0.1) is 10.1 Å². The molecule has 1 aromatic rings. The second-order valence-electron chi connectivity index (χ2n) is 3.92. The molecule has 0 amide bonds. The summed E-state index contributed by atoms with van der Waals surface area (Å²) >= 11 is 7.59. The Balaban J connectivity index is 2.38. The van der Waals surface area contributed by atoms with E-state index in [9.17, 15) is 10.1 Å². The zero-order chi connectivity index (χ0) is 13.4. The lowest BCUT2D eigenvalue weighted by Gasteiger charge is -2.05. The van der Waals surface area contributed by atoms with Gasteiger partial charge in [0.05, 0.1) is 4.92 Å². The number of rotatable bonds is 8. The first-order valence-electron chi connectivity index (χ1n) is 5.77.